The Bertz CT molecular complexity index is 778. The standard InChI is InChI=1S/C12H10Cl2N2O6S/c13-9-3-1-7(5-11(9)15(17)18)23(21,22)8-2-4-10(14)12(6-8)16(19)20/h1-6,15-17,19H. The smallest absolute Gasteiger partial charge is 0.207 e. The quantitative estimate of drug-likeness (QED) is 0.575. The SMILES string of the molecule is O=S(=O)(c1ccc(Cl)c([NH+]([O-])O)c1)c1ccc(Cl)c([NH+]([O-])O)c1. The number of rotatable bonds is 4. The molecule has 11 heteroatoms. The largest absolute Gasteiger partial charge is 0.595 e. The van der Waals surface area contributed by atoms with E-state index in [4.69, 9.17) is 33.6 Å². The first-order valence-electron chi connectivity index (χ1n) is 5.95. The number of hydrogen-bond donors (Lipinski definition) is 4. The highest BCUT2D eigenvalue weighted by molar-refractivity contribution is 7.91. The van der Waals surface area contributed by atoms with Gasteiger partial charge in [0.05, 0.1) is 9.79 Å². The van der Waals surface area contributed by atoms with E-state index in [1.54, 1.807) is 0 Å². The van der Waals surface area contributed by atoms with Gasteiger partial charge in [-0.2, -0.15) is 10.5 Å². The van der Waals surface area contributed by atoms with Gasteiger partial charge in [0, 0.05) is 12.1 Å². The minimum absolute atomic E-state index is 0.112. The van der Waals surface area contributed by atoms with Crippen LogP contribution in [0.4, 0.5) is 11.4 Å². The van der Waals surface area contributed by atoms with Gasteiger partial charge >= 0.3 is 0 Å². The van der Waals surface area contributed by atoms with Gasteiger partial charge in [0.2, 0.25) is 9.84 Å². The molecule has 0 aromatic heterocycles. The van der Waals surface area contributed by atoms with Crippen molar-refractivity contribution in [3.63, 3.8) is 0 Å². The second-order valence-electron chi connectivity index (χ2n) is 4.40. The summed E-state index contributed by atoms with van der Waals surface area (Å²) in [6, 6.07) is 6.39. The average Bonchev–Trinajstić information content (AvgIpc) is 2.47. The zero-order chi connectivity index (χ0) is 17.4. The van der Waals surface area contributed by atoms with Crippen LogP contribution in [-0.2, 0) is 9.84 Å². The van der Waals surface area contributed by atoms with E-state index >= 15 is 0 Å². The molecule has 0 saturated carbocycles. The summed E-state index contributed by atoms with van der Waals surface area (Å²) < 4.78 is 25.1. The molecule has 0 aliphatic carbocycles. The van der Waals surface area contributed by atoms with Crippen LogP contribution in [0.15, 0.2) is 46.2 Å². The maximum Gasteiger partial charge on any atom is 0.207 e. The monoisotopic (exact) mass is 380 g/mol. The third-order valence-corrected chi connectivity index (χ3v) is 5.37. The fourth-order valence-corrected chi connectivity index (χ4v) is 3.52. The number of quaternary nitrogens is 2. The molecule has 0 radical (unpaired) electrons. The predicted molar refractivity (Wildman–Crippen MR) is 79.9 cm³/mol. The van der Waals surface area contributed by atoms with Gasteiger partial charge in [-0.15, -0.1) is 0 Å². The summed E-state index contributed by atoms with van der Waals surface area (Å²) in [7, 11) is -4.13. The number of sulfone groups is 1. The normalized spacial score (nSPS) is 14.5. The van der Waals surface area contributed by atoms with E-state index in [9.17, 15) is 18.8 Å². The predicted octanol–water partition coefficient (Wildman–Crippen LogP) is 0.633. The Morgan fingerprint density at radius 1 is 0.826 bits per heavy atom. The van der Waals surface area contributed by atoms with Crippen molar-refractivity contribution in [2.75, 3.05) is 0 Å². The Morgan fingerprint density at radius 3 is 1.48 bits per heavy atom. The van der Waals surface area contributed by atoms with Gasteiger partial charge in [-0.3, -0.25) is 0 Å². The highest BCUT2D eigenvalue weighted by Gasteiger charge is 2.23. The van der Waals surface area contributed by atoms with Gasteiger partial charge < -0.3 is 10.4 Å². The lowest BCUT2D eigenvalue weighted by Crippen LogP contribution is -2.99. The summed E-state index contributed by atoms with van der Waals surface area (Å²) in [6.07, 6.45) is 0. The van der Waals surface area contributed by atoms with Crippen molar-refractivity contribution in [3.05, 3.63) is 56.9 Å². The Kier molecular flexibility index (Phi) is 5.26. The summed E-state index contributed by atoms with van der Waals surface area (Å²) in [5.41, 5.74) is -0.750. The first-order chi connectivity index (χ1) is 10.6. The molecule has 0 spiro atoms. The molecule has 2 atom stereocenters. The van der Waals surface area contributed by atoms with Crippen LogP contribution >= 0.6 is 23.2 Å². The molecule has 0 saturated heterocycles. The van der Waals surface area contributed by atoms with Crippen LogP contribution in [0, 0.1) is 10.4 Å². The maximum atomic E-state index is 12.5. The molecular formula is C12H10Cl2N2O6S. The second-order valence-corrected chi connectivity index (χ2v) is 7.16. The fourth-order valence-electron chi connectivity index (χ4n) is 1.81. The van der Waals surface area contributed by atoms with Crippen LogP contribution in [0.1, 0.15) is 0 Å². The van der Waals surface area contributed by atoms with Crippen LogP contribution in [-0.4, -0.2) is 18.8 Å². The lowest BCUT2D eigenvalue weighted by molar-refractivity contribution is -0.991. The fraction of sp³-hybridized carbons (Fsp3) is 0. The molecule has 0 fully saturated rings. The van der Waals surface area contributed by atoms with Crippen LogP contribution in [0.2, 0.25) is 10.0 Å². The van der Waals surface area contributed by atoms with Gasteiger partial charge in [0.15, 0.2) is 11.4 Å². The van der Waals surface area contributed by atoms with Crippen molar-refractivity contribution in [2.45, 2.75) is 9.79 Å². The van der Waals surface area contributed by atoms with E-state index in [0.29, 0.717) is 0 Å². The van der Waals surface area contributed by atoms with Crippen molar-refractivity contribution in [2.24, 2.45) is 0 Å². The molecule has 2 rings (SSSR count). The Balaban J connectivity index is 2.59. The van der Waals surface area contributed by atoms with E-state index < -0.39 is 20.3 Å². The molecule has 2 aromatic rings. The minimum Gasteiger partial charge on any atom is -0.595 e. The molecule has 23 heavy (non-hydrogen) atoms. The van der Waals surface area contributed by atoms with E-state index in [1.165, 1.54) is 0 Å². The summed E-state index contributed by atoms with van der Waals surface area (Å²) in [5.74, 6) is 0. The van der Waals surface area contributed by atoms with E-state index in [0.717, 1.165) is 36.4 Å². The Hall–Kier alpha value is -1.27. The van der Waals surface area contributed by atoms with Crippen LogP contribution in [0.5, 0.6) is 0 Å². The van der Waals surface area contributed by atoms with Crippen LogP contribution < -0.4 is 10.5 Å². The van der Waals surface area contributed by atoms with E-state index in [-0.39, 0.29) is 31.2 Å². The second kappa shape index (κ2) is 6.69. The van der Waals surface area contributed by atoms with Crippen molar-refractivity contribution >= 4 is 44.4 Å². The molecule has 0 amide bonds. The maximum absolute atomic E-state index is 12.5. The van der Waals surface area contributed by atoms with Gasteiger partial charge in [-0.25, -0.2) is 18.8 Å². The minimum atomic E-state index is -4.13. The summed E-state index contributed by atoms with van der Waals surface area (Å²) in [6.45, 7) is 0. The lowest BCUT2D eigenvalue weighted by Gasteiger charge is -2.16. The van der Waals surface area contributed by atoms with Crippen LogP contribution in [0.3, 0.4) is 0 Å². The van der Waals surface area contributed by atoms with Gasteiger partial charge in [0.1, 0.15) is 10.0 Å². The van der Waals surface area contributed by atoms with Crippen molar-refractivity contribution in [3.8, 4) is 0 Å². The molecule has 124 valence electrons. The third kappa shape index (κ3) is 3.63. The summed E-state index contributed by atoms with van der Waals surface area (Å²) in [5, 5.41) is 37.1. The Labute approximate surface area is 140 Å². The molecular weight excluding hydrogens is 371 g/mol. The summed E-state index contributed by atoms with van der Waals surface area (Å²) in [4.78, 5) is -0.643. The molecule has 4 N–H and O–H groups in total. The molecule has 2 unspecified atom stereocenters. The zero-order valence-corrected chi connectivity index (χ0v) is 13.5. The van der Waals surface area contributed by atoms with Gasteiger partial charge in [-0.05, 0) is 24.3 Å². The average molecular weight is 381 g/mol. The number of nitrogens with one attached hydrogen (secondary N) is 2. The number of hydrogen-bond acceptors (Lipinski definition) is 6. The van der Waals surface area contributed by atoms with Gasteiger partial charge in [-0.1, -0.05) is 23.2 Å². The zero-order valence-electron chi connectivity index (χ0n) is 11.2. The first kappa shape index (κ1) is 18.1. The van der Waals surface area contributed by atoms with Gasteiger partial charge in [0.25, 0.3) is 0 Å². The molecule has 8 nitrogen and oxygen atoms in total. The molecule has 0 aliphatic rings. The molecule has 0 heterocycles. The molecule has 0 aliphatic heterocycles. The Morgan fingerprint density at radius 2 is 1.17 bits per heavy atom. The number of benzene rings is 2. The first-order valence-corrected chi connectivity index (χ1v) is 8.19. The highest BCUT2D eigenvalue weighted by atomic mass is 35.5. The van der Waals surface area contributed by atoms with Crippen LogP contribution in [0.25, 0.3) is 0 Å². The van der Waals surface area contributed by atoms with E-state index in [2.05, 4.69) is 0 Å². The molecule has 0 bridgehead atoms. The van der Waals surface area contributed by atoms with Crippen molar-refractivity contribution in [1.82, 2.24) is 0 Å². The topological polar surface area (TPSA) is 130 Å². The van der Waals surface area contributed by atoms with Crippen molar-refractivity contribution in [1.29, 1.82) is 0 Å². The highest BCUT2D eigenvalue weighted by Crippen LogP contribution is 2.29. The lowest BCUT2D eigenvalue weighted by atomic mass is 10.3. The summed E-state index contributed by atoms with van der Waals surface area (Å²) >= 11 is 11.4. The van der Waals surface area contributed by atoms with E-state index in [1.807, 2.05) is 0 Å². The van der Waals surface area contributed by atoms with Crippen molar-refractivity contribution < 1.29 is 29.3 Å². The third-order valence-electron chi connectivity index (χ3n) is 2.96. The number of halogens is 2. The molecule has 2 aromatic carbocycles.